The van der Waals surface area contributed by atoms with Gasteiger partial charge in [-0.25, -0.2) is 0 Å². The van der Waals surface area contributed by atoms with Crippen molar-refractivity contribution >= 4 is 20.4 Å². The molecule has 1 aromatic rings. The third-order valence-corrected chi connectivity index (χ3v) is 6.73. The van der Waals surface area contributed by atoms with Gasteiger partial charge in [-0.2, -0.15) is 0 Å². The molecule has 140 valence electrons. The van der Waals surface area contributed by atoms with Crippen molar-refractivity contribution in [2.45, 2.75) is 39.7 Å². The number of nitrogens with zero attached hydrogens (tertiary/aromatic N) is 1. The molecule has 0 aliphatic carbocycles. The Balaban J connectivity index is 2.92. The van der Waals surface area contributed by atoms with Crippen LogP contribution >= 0.6 is 0 Å². The van der Waals surface area contributed by atoms with Gasteiger partial charge in [0.15, 0.2) is 0 Å². The van der Waals surface area contributed by atoms with E-state index in [9.17, 15) is 14.9 Å². The van der Waals surface area contributed by atoms with E-state index in [0.29, 0.717) is 44.3 Å². The van der Waals surface area contributed by atoms with Gasteiger partial charge in [-0.15, -0.1) is 0 Å². The van der Waals surface area contributed by atoms with E-state index in [4.69, 9.17) is 19.0 Å². The smallest absolute Gasteiger partial charge is 0.374 e. The fourth-order valence-corrected chi connectivity index (χ4v) is 5.23. The third kappa shape index (κ3) is 6.20. The summed E-state index contributed by atoms with van der Waals surface area (Å²) in [4.78, 5) is 22.1. The number of aryl methyl sites for hydroxylation is 1. The van der Waals surface area contributed by atoms with Crippen LogP contribution in [0.3, 0.4) is 0 Å². The van der Waals surface area contributed by atoms with Crippen LogP contribution in [0.25, 0.3) is 0 Å². The number of nitro groups is 1. The first-order valence-corrected chi connectivity index (χ1v) is 10.3. The van der Waals surface area contributed by atoms with E-state index < -0.39 is 19.6 Å². The van der Waals surface area contributed by atoms with E-state index in [1.165, 1.54) is 18.2 Å². The molecule has 25 heavy (non-hydrogen) atoms. The molecule has 0 aliphatic heterocycles. The molecular weight excluding hydrogens is 344 g/mol. The lowest BCUT2D eigenvalue weighted by atomic mass is 10.0. The predicted octanol–water partition coefficient (Wildman–Crippen LogP) is 2.67. The fourth-order valence-electron chi connectivity index (χ4n) is 2.61. The van der Waals surface area contributed by atoms with E-state index in [0.717, 1.165) is 0 Å². The Morgan fingerprint density at radius 1 is 1.16 bits per heavy atom. The van der Waals surface area contributed by atoms with Gasteiger partial charge in [0, 0.05) is 43.1 Å². The second-order valence-electron chi connectivity index (χ2n) is 5.30. The van der Waals surface area contributed by atoms with Gasteiger partial charge in [0.25, 0.3) is 5.69 Å². The Kier molecular flexibility index (Phi) is 8.70. The minimum atomic E-state index is -2.79. The standard InChI is InChI=1S/C16H26N2O6Si/c1-4-22-25(23-5-2,24-6-3)11-7-8-13-12-14(16(17)19)9-10-15(13)18(20)21/h9-10,12H,4-8,11H2,1-3H3,(H2,17,19). The van der Waals surface area contributed by atoms with Crippen molar-refractivity contribution in [3.63, 3.8) is 0 Å². The zero-order valence-corrected chi connectivity index (χ0v) is 15.9. The van der Waals surface area contributed by atoms with Crippen LogP contribution < -0.4 is 5.73 Å². The highest BCUT2D eigenvalue weighted by Gasteiger charge is 2.39. The number of nitrogens with two attached hydrogens (primary N) is 1. The van der Waals surface area contributed by atoms with Gasteiger partial charge < -0.3 is 19.0 Å². The highest BCUT2D eigenvalue weighted by Crippen LogP contribution is 2.25. The summed E-state index contributed by atoms with van der Waals surface area (Å²) >= 11 is 0. The molecule has 9 heteroatoms. The van der Waals surface area contributed by atoms with Crippen LogP contribution in [0.1, 0.15) is 43.1 Å². The zero-order chi connectivity index (χ0) is 18.9. The number of carbonyl (C=O) groups is 1. The lowest BCUT2D eigenvalue weighted by Crippen LogP contribution is -2.46. The fraction of sp³-hybridized carbons (Fsp3) is 0.562. The van der Waals surface area contributed by atoms with Crippen LogP contribution in [0.2, 0.25) is 6.04 Å². The average molecular weight is 370 g/mol. The maximum absolute atomic E-state index is 11.3. The Morgan fingerprint density at radius 3 is 2.16 bits per heavy atom. The molecule has 0 aromatic heterocycles. The molecule has 0 radical (unpaired) electrons. The first kappa shape index (κ1) is 21.2. The number of hydrogen-bond acceptors (Lipinski definition) is 6. The van der Waals surface area contributed by atoms with Gasteiger partial charge in [-0.3, -0.25) is 14.9 Å². The molecule has 0 aliphatic rings. The molecule has 1 aromatic carbocycles. The van der Waals surface area contributed by atoms with E-state index in [1.54, 1.807) is 0 Å². The molecule has 0 saturated heterocycles. The quantitative estimate of drug-likeness (QED) is 0.344. The van der Waals surface area contributed by atoms with E-state index in [1.807, 2.05) is 20.8 Å². The van der Waals surface area contributed by atoms with Crippen LogP contribution in [0, 0.1) is 10.1 Å². The zero-order valence-electron chi connectivity index (χ0n) is 14.9. The maximum atomic E-state index is 11.3. The molecular formula is C16H26N2O6Si. The SMILES string of the molecule is CCO[Si](CCCc1cc(C(N)=O)ccc1[N+](=O)[O-])(OCC)OCC. The largest absolute Gasteiger partial charge is 0.500 e. The van der Waals surface area contributed by atoms with Gasteiger partial charge >= 0.3 is 8.80 Å². The minimum Gasteiger partial charge on any atom is -0.374 e. The summed E-state index contributed by atoms with van der Waals surface area (Å²) in [5.74, 6) is -0.613. The van der Waals surface area contributed by atoms with E-state index in [2.05, 4.69) is 0 Å². The van der Waals surface area contributed by atoms with Gasteiger partial charge in [-0.1, -0.05) is 0 Å². The van der Waals surface area contributed by atoms with Crippen molar-refractivity contribution in [3.05, 3.63) is 39.4 Å². The minimum absolute atomic E-state index is 0.0264. The maximum Gasteiger partial charge on any atom is 0.500 e. The molecule has 1 amide bonds. The topological polar surface area (TPSA) is 114 Å². The second kappa shape index (κ2) is 10.2. The number of benzene rings is 1. The Labute approximate surface area is 148 Å². The molecule has 0 unspecified atom stereocenters. The first-order valence-electron chi connectivity index (χ1n) is 8.38. The third-order valence-electron chi connectivity index (χ3n) is 3.58. The summed E-state index contributed by atoms with van der Waals surface area (Å²) in [5, 5.41) is 11.2. The normalized spacial score (nSPS) is 11.5. The molecule has 0 heterocycles. The van der Waals surface area contributed by atoms with Gasteiger partial charge in [-0.05, 0) is 45.7 Å². The number of amides is 1. The number of rotatable bonds is 12. The highest BCUT2D eigenvalue weighted by molar-refractivity contribution is 6.60. The van der Waals surface area contributed by atoms with Crippen molar-refractivity contribution in [2.75, 3.05) is 19.8 Å². The summed E-state index contributed by atoms with van der Waals surface area (Å²) in [6, 6.07) is 4.70. The molecule has 1 rings (SSSR count). The van der Waals surface area contributed by atoms with Gasteiger partial charge in [0.05, 0.1) is 4.92 Å². The summed E-state index contributed by atoms with van der Waals surface area (Å²) in [5.41, 5.74) is 5.96. The molecule has 0 bridgehead atoms. The summed E-state index contributed by atoms with van der Waals surface area (Å²) < 4.78 is 17.3. The predicted molar refractivity (Wildman–Crippen MR) is 95.4 cm³/mol. The Bertz CT molecular complexity index is 579. The molecule has 0 fully saturated rings. The Hall–Kier alpha value is -1.81. The van der Waals surface area contributed by atoms with Crippen molar-refractivity contribution in [1.29, 1.82) is 0 Å². The number of nitro benzene ring substituents is 1. The van der Waals surface area contributed by atoms with Crippen LogP contribution in [-0.4, -0.2) is 39.5 Å². The van der Waals surface area contributed by atoms with Crippen molar-refractivity contribution in [1.82, 2.24) is 0 Å². The van der Waals surface area contributed by atoms with Crippen molar-refractivity contribution < 1.29 is 23.0 Å². The second-order valence-corrected chi connectivity index (χ2v) is 8.03. The van der Waals surface area contributed by atoms with Crippen LogP contribution in [0.15, 0.2) is 18.2 Å². The van der Waals surface area contributed by atoms with Crippen LogP contribution in [0.5, 0.6) is 0 Å². The average Bonchev–Trinajstić information content (AvgIpc) is 2.55. The first-order chi connectivity index (χ1) is 11.9. The molecule has 0 atom stereocenters. The number of hydrogen-bond donors (Lipinski definition) is 1. The van der Waals surface area contributed by atoms with Crippen LogP contribution in [-0.2, 0) is 19.7 Å². The highest BCUT2D eigenvalue weighted by atomic mass is 28.4. The Morgan fingerprint density at radius 2 is 1.72 bits per heavy atom. The van der Waals surface area contributed by atoms with E-state index in [-0.39, 0.29) is 11.3 Å². The van der Waals surface area contributed by atoms with Crippen molar-refractivity contribution in [2.24, 2.45) is 5.73 Å². The van der Waals surface area contributed by atoms with Gasteiger partial charge in [0.2, 0.25) is 5.91 Å². The van der Waals surface area contributed by atoms with Crippen LogP contribution in [0.4, 0.5) is 5.69 Å². The molecule has 8 nitrogen and oxygen atoms in total. The molecule has 0 saturated carbocycles. The lowest BCUT2D eigenvalue weighted by molar-refractivity contribution is -0.385. The monoisotopic (exact) mass is 370 g/mol. The number of carbonyl (C=O) groups excluding carboxylic acids is 1. The molecule has 2 N–H and O–H groups in total. The molecule has 0 spiro atoms. The van der Waals surface area contributed by atoms with Gasteiger partial charge in [0.1, 0.15) is 0 Å². The summed E-state index contributed by atoms with van der Waals surface area (Å²) in [7, 11) is -2.79. The number of primary amides is 1. The van der Waals surface area contributed by atoms with Crippen molar-refractivity contribution in [3.8, 4) is 0 Å². The summed E-state index contributed by atoms with van der Waals surface area (Å²) in [6.07, 6.45) is 0.981. The lowest BCUT2D eigenvalue weighted by Gasteiger charge is -2.28. The van der Waals surface area contributed by atoms with E-state index >= 15 is 0 Å². The summed E-state index contributed by atoms with van der Waals surface area (Å²) in [6.45, 7) is 7.06.